The molecule has 20 heavy (non-hydrogen) atoms. The van der Waals surface area contributed by atoms with Crippen molar-refractivity contribution in [2.24, 2.45) is 5.92 Å². The Bertz CT molecular complexity index is 498. The molecule has 1 amide bonds. The first-order valence-corrected chi connectivity index (χ1v) is 6.71. The van der Waals surface area contributed by atoms with E-state index in [1.165, 1.54) is 12.1 Å². The van der Waals surface area contributed by atoms with Gasteiger partial charge in [-0.25, -0.2) is 0 Å². The number of rotatable bonds is 6. The van der Waals surface area contributed by atoms with Crippen LogP contribution >= 0.6 is 23.2 Å². The number of anilines is 1. The molecule has 0 radical (unpaired) electrons. The maximum absolute atomic E-state index is 11.6. The summed E-state index contributed by atoms with van der Waals surface area (Å²) in [5, 5.41) is 16.3. The molecule has 0 aliphatic rings. The van der Waals surface area contributed by atoms with Crippen LogP contribution in [0.5, 0.6) is 0 Å². The fourth-order valence-corrected chi connectivity index (χ4v) is 1.99. The lowest BCUT2D eigenvalue weighted by Crippen LogP contribution is -2.32. The van der Waals surface area contributed by atoms with E-state index in [1.807, 2.05) is 13.8 Å². The van der Waals surface area contributed by atoms with E-state index in [2.05, 4.69) is 10.6 Å². The zero-order valence-electron chi connectivity index (χ0n) is 11.1. The molecule has 0 spiro atoms. The summed E-state index contributed by atoms with van der Waals surface area (Å²) in [4.78, 5) is 21.6. The van der Waals surface area contributed by atoms with Gasteiger partial charge in [-0.2, -0.15) is 0 Å². The fraction of sp³-hybridized carbons (Fsp3) is 0.417. The van der Waals surface area contributed by atoms with Gasteiger partial charge in [-0.15, -0.1) is 0 Å². The average molecular weight is 320 g/mol. The molecular formula is C12H15Cl2N3O3. The van der Waals surface area contributed by atoms with E-state index in [9.17, 15) is 14.9 Å². The van der Waals surface area contributed by atoms with E-state index in [0.29, 0.717) is 18.2 Å². The molecule has 0 aromatic heterocycles. The number of nitro benzene ring substituents is 1. The Hall–Kier alpha value is -1.53. The van der Waals surface area contributed by atoms with Crippen molar-refractivity contribution in [1.82, 2.24) is 5.32 Å². The summed E-state index contributed by atoms with van der Waals surface area (Å²) in [6.07, 6.45) is 0. The van der Waals surface area contributed by atoms with Crippen LogP contribution in [-0.4, -0.2) is 23.9 Å². The number of carbonyl (C=O) groups is 1. The van der Waals surface area contributed by atoms with Crippen molar-refractivity contribution in [3.8, 4) is 0 Å². The van der Waals surface area contributed by atoms with Gasteiger partial charge in [0.2, 0.25) is 5.91 Å². The minimum atomic E-state index is -0.586. The number of nitrogens with zero attached hydrogens (tertiary/aromatic N) is 1. The molecule has 1 aromatic rings. The molecular weight excluding hydrogens is 305 g/mol. The number of carbonyl (C=O) groups excluding carboxylic acids is 1. The standard InChI is InChI=1S/C12H15Cl2N3O3/c1-7(2)5-15-11(18)6-16-12-9(13)3-8(17(19)20)4-10(12)14/h3-4,7,16H,5-6H2,1-2H3,(H,15,18). The molecule has 0 unspecified atom stereocenters. The number of nitro groups is 1. The number of benzene rings is 1. The van der Waals surface area contributed by atoms with E-state index in [-0.39, 0.29) is 28.2 Å². The lowest BCUT2D eigenvalue weighted by Gasteiger charge is -2.11. The maximum atomic E-state index is 11.6. The van der Waals surface area contributed by atoms with Crippen molar-refractivity contribution in [2.45, 2.75) is 13.8 Å². The Morgan fingerprint density at radius 3 is 2.35 bits per heavy atom. The van der Waals surface area contributed by atoms with Gasteiger partial charge >= 0.3 is 0 Å². The highest BCUT2D eigenvalue weighted by atomic mass is 35.5. The summed E-state index contributed by atoms with van der Waals surface area (Å²) >= 11 is 11.8. The Kier molecular flexibility index (Phi) is 6.04. The van der Waals surface area contributed by atoms with Crippen LogP contribution in [-0.2, 0) is 4.79 Å². The third kappa shape index (κ3) is 4.86. The SMILES string of the molecule is CC(C)CNC(=O)CNc1c(Cl)cc([N+](=O)[O-])cc1Cl. The molecule has 0 fully saturated rings. The van der Waals surface area contributed by atoms with Gasteiger partial charge in [0.25, 0.3) is 5.69 Å². The highest BCUT2D eigenvalue weighted by Gasteiger charge is 2.15. The quantitative estimate of drug-likeness (QED) is 0.623. The second-order valence-corrected chi connectivity index (χ2v) is 5.41. The molecule has 0 aliphatic heterocycles. The number of halogens is 2. The second-order valence-electron chi connectivity index (χ2n) is 4.59. The van der Waals surface area contributed by atoms with Gasteiger partial charge in [-0.1, -0.05) is 37.0 Å². The third-order valence-corrected chi connectivity index (χ3v) is 2.97. The molecule has 1 rings (SSSR count). The summed E-state index contributed by atoms with van der Waals surface area (Å²) in [6.45, 7) is 4.53. The first-order chi connectivity index (χ1) is 9.31. The molecule has 0 aliphatic carbocycles. The summed E-state index contributed by atoms with van der Waals surface area (Å²) in [5.41, 5.74) is 0.105. The van der Waals surface area contributed by atoms with Crippen molar-refractivity contribution in [3.05, 3.63) is 32.3 Å². The van der Waals surface area contributed by atoms with Crippen LogP contribution < -0.4 is 10.6 Å². The number of hydrogen-bond donors (Lipinski definition) is 2. The molecule has 0 atom stereocenters. The molecule has 0 heterocycles. The Morgan fingerprint density at radius 2 is 1.90 bits per heavy atom. The first kappa shape index (κ1) is 16.5. The monoisotopic (exact) mass is 319 g/mol. The lowest BCUT2D eigenvalue weighted by molar-refractivity contribution is -0.384. The van der Waals surface area contributed by atoms with Gasteiger partial charge < -0.3 is 10.6 Å². The largest absolute Gasteiger partial charge is 0.374 e. The third-order valence-electron chi connectivity index (χ3n) is 2.37. The number of nitrogens with one attached hydrogen (secondary N) is 2. The van der Waals surface area contributed by atoms with E-state index in [1.54, 1.807) is 0 Å². The zero-order chi connectivity index (χ0) is 15.3. The molecule has 0 saturated heterocycles. The predicted octanol–water partition coefficient (Wildman–Crippen LogP) is 3.09. The Balaban J connectivity index is 2.69. The normalized spacial score (nSPS) is 10.4. The molecule has 2 N–H and O–H groups in total. The van der Waals surface area contributed by atoms with Crippen LogP contribution in [0.4, 0.5) is 11.4 Å². The van der Waals surface area contributed by atoms with Crippen LogP contribution in [0.2, 0.25) is 10.0 Å². The topological polar surface area (TPSA) is 84.3 Å². The highest BCUT2D eigenvalue weighted by Crippen LogP contribution is 2.34. The van der Waals surface area contributed by atoms with E-state index in [0.717, 1.165) is 0 Å². The second kappa shape index (κ2) is 7.31. The van der Waals surface area contributed by atoms with Gasteiger partial charge in [-0.3, -0.25) is 14.9 Å². The smallest absolute Gasteiger partial charge is 0.272 e. The molecule has 0 bridgehead atoms. The van der Waals surface area contributed by atoms with Crippen LogP contribution in [0.1, 0.15) is 13.8 Å². The Morgan fingerprint density at radius 1 is 1.35 bits per heavy atom. The predicted molar refractivity (Wildman–Crippen MR) is 79.5 cm³/mol. The molecule has 110 valence electrons. The fourth-order valence-electron chi connectivity index (χ4n) is 1.38. The highest BCUT2D eigenvalue weighted by molar-refractivity contribution is 6.39. The number of non-ortho nitro benzene ring substituents is 1. The van der Waals surface area contributed by atoms with Gasteiger partial charge in [-0.05, 0) is 5.92 Å². The summed E-state index contributed by atoms with van der Waals surface area (Å²) in [5.74, 6) is 0.148. The Labute approximate surface area is 126 Å². The number of amides is 1. The van der Waals surface area contributed by atoms with Crippen molar-refractivity contribution >= 4 is 40.5 Å². The van der Waals surface area contributed by atoms with Crippen molar-refractivity contribution < 1.29 is 9.72 Å². The van der Waals surface area contributed by atoms with Crippen LogP contribution in [0.3, 0.4) is 0 Å². The van der Waals surface area contributed by atoms with E-state index in [4.69, 9.17) is 23.2 Å². The molecule has 1 aromatic carbocycles. The summed E-state index contributed by atoms with van der Waals surface area (Å²) < 4.78 is 0. The zero-order valence-corrected chi connectivity index (χ0v) is 12.6. The van der Waals surface area contributed by atoms with Crippen LogP contribution in [0.15, 0.2) is 12.1 Å². The minimum Gasteiger partial charge on any atom is -0.374 e. The van der Waals surface area contributed by atoms with Gasteiger partial charge in [0.1, 0.15) is 0 Å². The first-order valence-electron chi connectivity index (χ1n) is 5.95. The summed E-state index contributed by atoms with van der Waals surface area (Å²) in [6, 6.07) is 2.36. The number of hydrogen-bond acceptors (Lipinski definition) is 4. The van der Waals surface area contributed by atoms with Crippen molar-refractivity contribution in [3.63, 3.8) is 0 Å². The van der Waals surface area contributed by atoms with Crippen LogP contribution in [0.25, 0.3) is 0 Å². The van der Waals surface area contributed by atoms with E-state index >= 15 is 0 Å². The maximum Gasteiger partial charge on any atom is 0.272 e. The minimum absolute atomic E-state index is 0.00995. The van der Waals surface area contributed by atoms with Crippen molar-refractivity contribution in [1.29, 1.82) is 0 Å². The molecule has 0 saturated carbocycles. The van der Waals surface area contributed by atoms with Gasteiger partial charge in [0, 0.05) is 18.7 Å². The summed E-state index contributed by atoms with van der Waals surface area (Å²) in [7, 11) is 0. The average Bonchev–Trinajstić information content (AvgIpc) is 2.34. The lowest BCUT2D eigenvalue weighted by atomic mass is 10.2. The molecule has 6 nitrogen and oxygen atoms in total. The van der Waals surface area contributed by atoms with Gasteiger partial charge in [0.15, 0.2) is 0 Å². The van der Waals surface area contributed by atoms with Crippen LogP contribution in [0, 0.1) is 16.0 Å². The molecule has 8 heteroatoms. The van der Waals surface area contributed by atoms with Crippen molar-refractivity contribution in [2.75, 3.05) is 18.4 Å². The van der Waals surface area contributed by atoms with Gasteiger partial charge in [0.05, 0.1) is 27.2 Å². The van der Waals surface area contributed by atoms with E-state index < -0.39 is 4.92 Å².